The van der Waals surface area contributed by atoms with Gasteiger partial charge in [-0.05, 0) is 121 Å². The molecule has 4 aromatic heterocycles. The van der Waals surface area contributed by atoms with Crippen LogP contribution in [0.15, 0.2) is 243 Å². The molecule has 0 bridgehead atoms. The Morgan fingerprint density at radius 2 is 0.901 bits per heavy atom. The molecule has 0 aliphatic rings. The van der Waals surface area contributed by atoms with Crippen molar-refractivity contribution in [2.75, 3.05) is 0 Å². The summed E-state index contributed by atoms with van der Waals surface area (Å²) in [5.74, 6) is 0.646. The van der Waals surface area contributed by atoms with E-state index in [9.17, 15) is 0 Å². The van der Waals surface area contributed by atoms with Crippen LogP contribution in [0.2, 0.25) is 0 Å². The molecule has 0 radical (unpaired) electrons. The molecule has 11 aromatic carbocycles. The van der Waals surface area contributed by atoms with Gasteiger partial charge < -0.3 is 4.57 Å². The molecule has 71 heavy (non-hydrogen) atoms. The van der Waals surface area contributed by atoms with Crippen LogP contribution >= 0.6 is 11.3 Å². The summed E-state index contributed by atoms with van der Waals surface area (Å²) >= 11 is 1.76. The van der Waals surface area contributed by atoms with Crippen molar-refractivity contribution in [3.05, 3.63) is 243 Å². The normalized spacial score (nSPS) is 11.9. The molecule has 330 valence electrons. The fourth-order valence-electron chi connectivity index (χ4n) is 11.2. The number of fused-ring (bicyclic) bond motifs is 11. The van der Waals surface area contributed by atoms with Gasteiger partial charge >= 0.3 is 0 Å². The summed E-state index contributed by atoms with van der Waals surface area (Å²) in [5.41, 5.74) is 14.4. The lowest BCUT2D eigenvalue weighted by Crippen LogP contribution is -2.02. The second-order valence-corrected chi connectivity index (χ2v) is 19.6. The molecule has 0 atom stereocenters. The van der Waals surface area contributed by atoms with E-state index in [0.717, 1.165) is 59.4 Å². The number of thiophene rings is 1. The number of nitrogens with zero attached hydrogens (tertiary/aromatic N) is 4. The Morgan fingerprint density at radius 1 is 0.324 bits per heavy atom. The van der Waals surface area contributed by atoms with Gasteiger partial charge in [-0.15, -0.1) is 11.3 Å². The summed E-state index contributed by atoms with van der Waals surface area (Å²) in [6, 6.07) is 88.2. The first-order valence-corrected chi connectivity index (χ1v) is 24.9. The molecule has 0 aliphatic carbocycles. The van der Waals surface area contributed by atoms with Gasteiger partial charge in [-0.1, -0.05) is 182 Å². The van der Waals surface area contributed by atoms with Gasteiger partial charge in [0, 0.05) is 37.7 Å². The van der Waals surface area contributed by atoms with Gasteiger partial charge in [0.2, 0.25) is 5.95 Å². The molecule has 15 rings (SSSR count). The van der Waals surface area contributed by atoms with Crippen molar-refractivity contribution in [2.24, 2.45) is 0 Å². The third-order valence-corrected chi connectivity index (χ3v) is 15.7. The summed E-state index contributed by atoms with van der Waals surface area (Å²) in [6.45, 7) is 0. The SMILES string of the molecule is c1ccc(-c2cc3nc(-n4c5ccc(-c6ccc7c(c6)c6c8ccccc8ccc6n7-c6ccccc6)cc5c5cc6ccccc6cc54)nc(-c4ccc(-c5cccc6ccccc56)cc4)c3s2)cc1. The Labute approximate surface area is 412 Å². The Morgan fingerprint density at radius 3 is 1.68 bits per heavy atom. The number of hydrogen-bond donors (Lipinski definition) is 0. The first kappa shape index (κ1) is 39.8. The van der Waals surface area contributed by atoms with Gasteiger partial charge in [-0.2, -0.15) is 0 Å². The molecule has 0 unspecified atom stereocenters. The smallest absolute Gasteiger partial charge is 0.235 e. The van der Waals surface area contributed by atoms with Gasteiger partial charge in [0.1, 0.15) is 0 Å². The molecule has 5 heteroatoms. The number of hydrogen-bond acceptors (Lipinski definition) is 3. The monoisotopic (exact) mass is 920 g/mol. The highest BCUT2D eigenvalue weighted by molar-refractivity contribution is 7.22. The minimum absolute atomic E-state index is 0.646. The van der Waals surface area contributed by atoms with E-state index in [4.69, 9.17) is 9.97 Å². The van der Waals surface area contributed by atoms with E-state index >= 15 is 0 Å². The molecular weight excluding hydrogens is 881 g/mol. The maximum atomic E-state index is 5.61. The Bertz CT molecular complexity index is 4610. The molecule has 0 N–H and O–H groups in total. The summed E-state index contributed by atoms with van der Waals surface area (Å²) in [7, 11) is 0. The van der Waals surface area contributed by atoms with Gasteiger partial charge in [0.05, 0.1) is 38.0 Å². The predicted octanol–water partition coefficient (Wildman–Crippen LogP) is 18.0. The highest BCUT2D eigenvalue weighted by Crippen LogP contribution is 2.43. The van der Waals surface area contributed by atoms with Gasteiger partial charge in [-0.25, -0.2) is 9.97 Å². The van der Waals surface area contributed by atoms with Crippen LogP contribution in [-0.4, -0.2) is 19.1 Å². The molecular formula is C66H40N4S. The number of benzene rings is 11. The van der Waals surface area contributed by atoms with Gasteiger partial charge in [-0.3, -0.25) is 4.57 Å². The average Bonchev–Trinajstić information content (AvgIpc) is 4.12. The Hall–Kier alpha value is -9.16. The van der Waals surface area contributed by atoms with Crippen LogP contribution in [0, 0.1) is 0 Å². The third-order valence-electron chi connectivity index (χ3n) is 14.5. The first-order chi connectivity index (χ1) is 35.2. The maximum Gasteiger partial charge on any atom is 0.235 e. The van der Waals surface area contributed by atoms with Crippen LogP contribution in [-0.2, 0) is 0 Å². The third kappa shape index (κ3) is 6.30. The minimum Gasteiger partial charge on any atom is -0.309 e. The molecule has 0 saturated carbocycles. The minimum atomic E-state index is 0.646. The van der Waals surface area contributed by atoms with E-state index in [0.29, 0.717) is 5.95 Å². The predicted molar refractivity (Wildman–Crippen MR) is 300 cm³/mol. The van der Waals surface area contributed by atoms with Crippen molar-refractivity contribution >= 4 is 97.5 Å². The van der Waals surface area contributed by atoms with E-state index in [-0.39, 0.29) is 0 Å². The fourth-order valence-corrected chi connectivity index (χ4v) is 12.3. The maximum absolute atomic E-state index is 5.61. The topological polar surface area (TPSA) is 35.6 Å². The quantitative estimate of drug-likeness (QED) is 0.167. The Balaban J connectivity index is 0.944. The summed E-state index contributed by atoms with van der Waals surface area (Å²) in [4.78, 5) is 12.3. The summed E-state index contributed by atoms with van der Waals surface area (Å²) in [5, 5.41) is 12.1. The van der Waals surface area contributed by atoms with Crippen molar-refractivity contribution < 1.29 is 0 Å². The van der Waals surface area contributed by atoms with Crippen molar-refractivity contribution in [3.63, 3.8) is 0 Å². The number of rotatable bonds is 6. The zero-order valence-corrected chi connectivity index (χ0v) is 39.1. The van der Waals surface area contributed by atoms with Crippen molar-refractivity contribution in [1.82, 2.24) is 19.1 Å². The largest absolute Gasteiger partial charge is 0.309 e. The lowest BCUT2D eigenvalue weighted by atomic mass is 9.97. The molecule has 0 amide bonds. The van der Waals surface area contributed by atoms with Gasteiger partial charge in [0.25, 0.3) is 0 Å². The highest BCUT2D eigenvalue weighted by atomic mass is 32.1. The second-order valence-electron chi connectivity index (χ2n) is 18.5. The van der Waals surface area contributed by atoms with Crippen molar-refractivity contribution in [2.45, 2.75) is 0 Å². The summed E-state index contributed by atoms with van der Waals surface area (Å²) < 4.78 is 5.76. The zero-order valence-electron chi connectivity index (χ0n) is 38.3. The van der Waals surface area contributed by atoms with Crippen molar-refractivity contribution in [1.29, 1.82) is 0 Å². The highest BCUT2D eigenvalue weighted by Gasteiger charge is 2.22. The van der Waals surface area contributed by atoms with Crippen LogP contribution in [0.1, 0.15) is 0 Å². The molecule has 0 spiro atoms. The van der Waals surface area contributed by atoms with E-state index in [1.165, 1.54) is 76.4 Å². The number of para-hydroxylation sites is 1. The fraction of sp³-hybridized carbons (Fsp3) is 0. The molecule has 15 aromatic rings. The van der Waals surface area contributed by atoms with E-state index in [1.54, 1.807) is 11.3 Å². The first-order valence-electron chi connectivity index (χ1n) is 24.1. The molecule has 0 fully saturated rings. The zero-order chi connectivity index (χ0) is 46.6. The lowest BCUT2D eigenvalue weighted by molar-refractivity contribution is 1.02. The van der Waals surface area contributed by atoms with E-state index < -0.39 is 0 Å². The van der Waals surface area contributed by atoms with Crippen LogP contribution in [0.25, 0.3) is 142 Å². The van der Waals surface area contributed by atoms with Crippen LogP contribution in [0.5, 0.6) is 0 Å². The molecule has 0 aliphatic heterocycles. The van der Waals surface area contributed by atoms with Crippen LogP contribution in [0.3, 0.4) is 0 Å². The molecule has 0 saturated heterocycles. The standard InChI is InChI=1S/C66H40N4S/c1-3-16-44(17-4-1)62-40-57-65(71-62)64(45-28-26-43(27-29-45)52-25-13-20-41-14-9-11-23-51(41)52)68-66(67-57)70-58-33-31-48(37-54(58)55-36-46-18-7-8-19-47(46)39-61(55)70)49-32-34-59-56(38-49)63-53-24-12-10-15-42(53)30-35-60(63)69(59)50-21-5-2-6-22-50/h1-40H. The van der Waals surface area contributed by atoms with Crippen LogP contribution in [0.4, 0.5) is 0 Å². The van der Waals surface area contributed by atoms with E-state index in [2.05, 4.69) is 252 Å². The molecule has 4 nitrogen and oxygen atoms in total. The van der Waals surface area contributed by atoms with Gasteiger partial charge in [0.15, 0.2) is 0 Å². The Kier molecular flexibility index (Phi) is 8.79. The average molecular weight is 921 g/mol. The second kappa shape index (κ2) is 15.7. The van der Waals surface area contributed by atoms with Crippen LogP contribution < -0.4 is 0 Å². The van der Waals surface area contributed by atoms with E-state index in [1.807, 2.05) is 0 Å². The molecule has 4 heterocycles. The summed E-state index contributed by atoms with van der Waals surface area (Å²) in [6.07, 6.45) is 0. The number of aromatic nitrogens is 4. The lowest BCUT2D eigenvalue weighted by Gasteiger charge is -2.11. The van der Waals surface area contributed by atoms with Crippen molar-refractivity contribution in [3.8, 4) is 55.6 Å².